The van der Waals surface area contributed by atoms with Crippen LogP contribution in [0.1, 0.15) is 72.7 Å². The number of carbonyl (C=O) groups is 1. The van der Waals surface area contributed by atoms with E-state index in [2.05, 4.69) is 77.8 Å². The van der Waals surface area contributed by atoms with E-state index in [9.17, 15) is 9.59 Å². The van der Waals surface area contributed by atoms with Crippen LogP contribution in [0.4, 0.5) is 5.95 Å². The summed E-state index contributed by atoms with van der Waals surface area (Å²) >= 11 is 0. The Morgan fingerprint density at radius 3 is 1.93 bits per heavy atom. The molecule has 1 unspecified atom stereocenters. The number of nitrogens with zero attached hydrogens (tertiary/aromatic N) is 8. The average Bonchev–Trinajstić information content (AvgIpc) is 3.78. The number of aromatic nitrogens is 6. The van der Waals surface area contributed by atoms with E-state index in [0.717, 1.165) is 51.8 Å². The zero-order chi connectivity index (χ0) is 42.1. The maximum atomic E-state index is 14.9. The van der Waals surface area contributed by atoms with Gasteiger partial charge in [0.1, 0.15) is 11.6 Å². The van der Waals surface area contributed by atoms with Gasteiger partial charge in [0, 0.05) is 31.6 Å². The molecule has 0 saturated heterocycles. The number of rotatable bonds is 16. The molecule has 60 heavy (non-hydrogen) atoms. The fourth-order valence-corrected chi connectivity index (χ4v) is 7.91. The Morgan fingerprint density at radius 1 is 0.817 bits per heavy atom. The SMILES string of the molecule is CCCCc1nc(N=CN(C)C)n(C(CC)C(=O)OC)c(=O)c1Cc1ccc(-c2ccccc2)c(-c2nnnn2C(c2ccccc2)(c2ccccc2)c2ccccc2)c1. The van der Waals surface area contributed by atoms with E-state index in [1.54, 1.807) is 11.2 Å². The Morgan fingerprint density at radius 2 is 1.40 bits per heavy atom. The van der Waals surface area contributed by atoms with Crippen molar-refractivity contribution in [1.29, 1.82) is 0 Å². The largest absolute Gasteiger partial charge is 0.467 e. The van der Waals surface area contributed by atoms with Crippen molar-refractivity contribution in [2.45, 2.75) is 57.5 Å². The highest BCUT2D eigenvalue weighted by Crippen LogP contribution is 2.43. The van der Waals surface area contributed by atoms with Crippen molar-refractivity contribution in [1.82, 2.24) is 34.7 Å². The van der Waals surface area contributed by atoms with Gasteiger partial charge in [-0.05, 0) is 69.1 Å². The Hall–Kier alpha value is -7.01. The van der Waals surface area contributed by atoms with Crippen LogP contribution in [0, 0.1) is 0 Å². The van der Waals surface area contributed by atoms with Gasteiger partial charge in [0.05, 0.1) is 19.1 Å². The fourth-order valence-electron chi connectivity index (χ4n) is 7.91. The molecule has 2 aromatic heterocycles. The van der Waals surface area contributed by atoms with Crippen LogP contribution in [0.25, 0.3) is 22.5 Å². The lowest BCUT2D eigenvalue weighted by molar-refractivity contribution is -0.144. The van der Waals surface area contributed by atoms with Crippen LogP contribution < -0.4 is 5.56 Å². The number of tetrazole rings is 1. The van der Waals surface area contributed by atoms with Crippen molar-refractivity contribution in [2.75, 3.05) is 21.2 Å². The molecule has 0 N–H and O–H groups in total. The predicted octanol–water partition coefficient (Wildman–Crippen LogP) is 8.68. The Bertz CT molecular complexity index is 2510. The highest BCUT2D eigenvalue weighted by molar-refractivity contribution is 5.82. The Labute approximate surface area is 351 Å². The van der Waals surface area contributed by atoms with Crippen LogP contribution in [0.3, 0.4) is 0 Å². The maximum absolute atomic E-state index is 14.9. The van der Waals surface area contributed by atoms with Crippen molar-refractivity contribution in [3.63, 3.8) is 0 Å². The monoisotopic (exact) mass is 798 g/mol. The van der Waals surface area contributed by atoms with Gasteiger partial charge in [-0.3, -0.25) is 9.36 Å². The second-order valence-corrected chi connectivity index (χ2v) is 14.9. The number of esters is 1. The molecule has 0 aliphatic rings. The van der Waals surface area contributed by atoms with Gasteiger partial charge in [0.25, 0.3) is 5.56 Å². The minimum atomic E-state index is -0.983. The molecule has 7 rings (SSSR count). The lowest BCUT2D eigenvalue weighted by Gasteiger charge is -2.36. The molecule has 0 amide bonds. The number of unbranched alkanes of at least 4 members (excludes halogenated alkanes) is 1. The molecule has 0 aliphatic heterocycles. The van der Waals surface area contributed by atoms with Gasteiger partial charge < -0.3 is 9.64 Å². The van der Waals surface area contributed by atoms with Crippen LogP contribution in [-0.4, -0.2) is 68.2 Å². The zero-order valence-corrected chi connectivity index (χ0v) is 34.8. The number of ether oxygens (including phenoxy) is 1. The van der Waals surface area contributed by atoms with Crippen molar-refractivity contribution >= 4 is 18.3 Å². The molecule has 0 saturated carbocycles. The molecule has 11 nitrogen and oxygen atoms in total. The first-order valence-electron chi connectivity index (χ1n) is 20.4. The van der Waals surface area contributed by atoms with Crippen LogP contribution >= 0.6 is 0 Å². The van der Waals surface area contributed by atoms with Gasteiger partial charge in [-0.15, -0.1) is 5.10 Å². The molecule has 11 heteroatoms. The van der Waals surface area contributed by atoms with Crippen LogP contribution in [0.2, 0.25) is 0 Å². The van der Waals surface area contributed by atoms with Gasteiger partial charge in [0.2, 0.25) is 5.95 Å². The fraction of sp³-hybridized carbons (Fsp3) is 0.245. The van der Waals surface area contributed by atoms with Gasteiger partial charge in [-0.1, -0.05) is 154 Å². The number of aliphatic imine (C=N–C) groups is 1. The molecule has 5 aromatic carbocycles. The molecule has 0 fully saturated rings. The number of hydrogen-bond acceptors (Lipinski definition) is 8. The van der Waals surface area contributed by atoms with E-state index >= 15 is 0 Å². The smallest absolute Gasteiger partial charge is 0.329 e. The van der Waals surface area contributed by atoms with Crippen molar-refractivity contribution in [3.05, 3.63) is 183 Å². The minimum Gasteiger partial charge on any atom is -0.467 e. The highest BCUT2D eigenvalue weighted by atomic mass is 16.5. The number of methoxy groups -OCH3 is 1. The third-order valence-corrected chi connectivity index (χ3v) is 10.8. The van der Waals surface area contributed by atoms with Gasteiger partial charge in [-0.25, -0.2) is 19.5 Å². The van der Waals surface area contributed by atoms with E-state index in [1.165, 1.54) is 11.7 Å². The number of carbonyl (C=O) groups excluding carboxylic acids is 1. The van der Waals surface area contributed by atoms with E-state index in [-0.39, 0.29) is 17.9 Å². The molecular formula is C49H50N8O3. The summed E-state index contributed by atoms with van der Waals surface area (Å²) < 4.78 is 8.51. The summed E-state index contributed by atoms with van der Waals surface area (Å²) in [6.07, 6.45) is 4.45. The minimum absolute atomic E-state index is 0.166. The van der Waals surface area contributed by atoms with Crippen molar-refractivity contribution in [2.24, 2.45) is 4.99 Å². The topological polar surface area (TPSA) is 120 Å². The van der Waals surface area contributed by atoms with Crippen LogP contribution in [0.5, 0.6) is 0 Å². The normalized spacial score (nSPS) is 12.1. The Balaban J connectivity index is 1.49. The average molecular weight is 799 g/mol. The summed E-state index contributed by atoms with van der Waals surface area (Å²) in [5.41, 5.74) is 6.32. The van der Waals surface area contributed by atoms with E-state index < -0.39 is 17.6 Å². The van der Waals surface area contributed by atoms with E-state index in [0.29, 0.717) is 29.9 Å². The Kier molecular flexibility index (Phi) is 12.8. The third kappa shape index (κ3) is 8.16. The summed E-state index contributed by atoms with van der Waals surface area (Å²) in [6, 6.07) is 46.4. The van der Waals surface area contributed by atoms with Crippen molar-refractivity contribution < 1.29 is 9.53 Å². The highest BCUT2D eigenvalue weighted by Gasteiger charge is 2.42. The first kappa shape index (κ1) is 41.2. The molecule has 7 aromatic rings. The maximum Gasteiger partial charge on any atom is 0.329 e. The summed E-state index contributed by atoms with van der Waals surface area (Å²) in [5.74, 6) is 0.174. The second kappa shape index (κ2) is 18.7. The lowest BCUT2D eigenvalue weighted by Crippen LogP contribution is -2.39. The molecule has 0 bridgehead atoms. The van der Waals surface area contributed by atoms with Gasteiger partial charge >= 0.3 is 5.97 Å². The first-order valence-corrected chi connectivity index (χ1v) is 20.4. The van der Waals surface area contributed by atoms with E-state index in [4.69, 9.17) is 20.0 Å². The van der Waals surface area contributed by atoms with Gasteiger partial charge in [0.15, 0.2) is 5.82 Å². The molecular weight excluding hydrogens is 749 g/mol. The van der Waals surface area contributed by atoms with E-state index in [1.807, 2.05) is 105 Å². The molecule has 1 atom stereocenters. The third-order valence-electron chi connectivity index (χ3n) is 10.8. The summed E-state index contributed by atoms with van der Waals surface area (Å²) in [6.45, 7) is 3.95. The first-order chi connectivity index (χ1) is 29.3. The standard InChI is InChI=1S/C49H50N8O3/c1-6-8-29-43-42(46(58)56(44(7-2)47(59)60-5)48(51-43)50-34-55(3)4)33-35-30-31-40(36-21-13-9-14-22-36)41(32-35)45-52-53-54-57(45)49(37-23-15-10-16-24-37,38-25-17-11-18-26-38)39-27-19-12-20-28-39/h9-28,30-32,34,44H,6-8,29,33H2,1-5H3. The zero-order valence-electron chi connectivity index (χ0n) is 34.8. The molecule has 0 aliphatic carbocycles. The summed E-state index contributed by atoms with van der Waals surface area (Å²) in [5, 5.41) is 14.1. The second-order valence-electron chi connectivity index (χ2n) is 14.9. The lowest BCUT2D eigenvalue weighted by atomic mass is 9.76. The quantitative estimate of drug-likeness (QED) is 0.0412. The summed E-state index contributed by atoms with van der Waals surface area (Å²) in [4.78, 5) is 39.4. The molecule has 2 heterocycles. The molecule has 0 spiro atoms. The van der Waals surface area contributed by atoms with Gasteiger partial charge in [-0.2, -0.15) is 0 Å². The molecule has 0 radical (unpaired) electrons. The predicted molar refractivity (Wildman–Crippen MR) is 236 cm³/mol. The number of aryl methyl sites for hydroxylation is 1. The van der Waals surface area contributed by atoms with Crippen LogP contribution in [-0.2, 0) is 27.9 Å². The number of benzene rings is 5. The van der Waals surface area contributed by atoms with Crippen LogP contribution in [0.15, 0.2) is 149 Å². The molecule has 304 valence electrons. The summed E-state index contributed by atoms with van der Waals surface area (Å²) in [7, 11) is 5.01. The number of hydrogen-bond donors (Lipinski definition) is 0. The van der Waals surface area contributed by atoms with Crippen molar-refractivity contribution in [3.8, 4) is 22.5 Å².